The Balaban J connectivity index is 1.51. The van der Waals surface area contributed by atoms with Gasteiger partial charge in [-0.15, -0.1) is 0 Å². The third-order valence-electron chi connectivity index (χ3n) is 5.10. The molecule has 1 aliphatic rings. The maximum atomic E-state index is 13.4. The van der Waals surface area contributed by atoms with Crippen LogP contribution >= 0.6 is 0 Å². The molecule has 4 rings (SSSR count). The maximum absolute atomic E-state index is 13.4. The van der Waals surface area contributed by atoms with E-state index in [1.807, 2.05) is 0 Å². The molecule has 0 atom stereocenters. The van der Waals surface area contributed by atoms with Crippen LogP contribution in [-0.4, -0.2) is 33.9 Å². The molecule has 0 aliphatic carbocycles. The van der Waals surface area contributed by atoms with E-state index in [1.54, 1.807) is 30.9 Å². The predicted octanol–water partition coefficient (Wildman–Crippen LogP) is 3.58. The van der Waals surface area contributed by atoms with Crippen LogP contribution in [0.4, 0.5) is 10.1 Å². The third-order valence-corrected chi connectivity index (χ3v) is 5.10. The fraction of sp³-hybridized carbons (Fsp3) is 0.350. The van der Waals surface area contributed by atoms with Crippen molar-refractivity contribution in [1.29, 1.82) is 0 Å². The Labute approximate surface area is 156 Å². The summed E-state index contributed by atoms with van der Waals surface area (Å²) < 4.78 is 18.8. The van der Waals surface area contributed by atoms with Crippen molar-refractivity contribution >= 4 is 22.5 Å². The lowest BCUT2D eigenvalue weighted by Crippen LogP contribution is -2.38. The third kappa shape index (κ3) is 3.25. The summed E-state index contributed by atoms with van der Waals surface area (Å²) >= 11 is 0. The minimum atomic E-state index is -0.304. The molecule has 140 valence electrons. The number of likely N-dealkylation sites (tertiary alicyclic amines) is 1. The van der Waals surface area contributed by atoms with E-state index in [0.717, 1.165) is 24.1 Å². The van der Waals surface area contributed by atoms with Crippen molar-refractivity contribution in [1.82, 2.24) is 14.9 Å². The highest BCUT2D eigenvalue weighted by atomic mass is 19.1. The zero-order valence-corrected chi connectivity index (χ0v) is 15.3. The number of piperidine rings is 1. The SMILES string of the molecule is Cc1nc(C)c(C(=O)N2CCC(c3nc4ccc(F)cc4cc3N)CC2)o1. The quantitative estimate of drug-likeness (QED) is 0.747. The fourth-order valence-electron chi connectivity index (χ4n) is 3.73. The van der Waals surface area contributed by atoms with Crippen LogP contribution < -0.4 is 5.73 Å². The van der Waals surface area contributed by atoms with E-state index in [0.29, 0.717) is 41.5 Å². The molecule has 3 heterocycles. The molecular weight excluding hydrogens is 347 g/mol. The van der Waals surface area contributed by atoms with Crippen molar-refractivity contribution in [2.75, 3.05) is 18.8 Å². The van der Waals surface area contributed by atoms with Crippen LogP contribution in [0.1, 0.15) is 46.6 Å². The molecule has 0 saturated carbocycles. The molecule has 0 unspecified atom stereocenters. The van der Waals surface area contributed by atoms with Crippen molar-refractivity contribution < 1.29 is 13.6 Å². The molecule has 3 aromatic rings. The van der Waals surface area contributed by atoms with E-state index in [4.69, 9.17) is 10.2 Å². The number of aromatic nitrogens is 2. The summed E-state index contributed by atoms with van der Waals surface area (Å²) in [4.78, 5) is 23.3. The molecule has 6 nitrogen and oxygen atoms in total. The minimum Gasteiger partial charge on any atom is -0.436 e. The van der Waals surface area contributed by atoms with Crippen LogP contribution in [0.5, 0.6) is 0 Å². The van der Waals surface area contributed by atoms with Gasteiger partial charge >= 0.3 is 0 Å². The van der Waals surface area contributed by atoms with Gasteiger partial charge in [-0.2, -0.15) is 0 Å². The van der Waals surface area contributed by atoms with E-state index in [1.165, 1.54) is 12.1 Å². The first kappa shape index (κ1) is 17.5. The summed E-state index contributed by atoms with van der Waals surface area (Å²) in [5, 5.41) is 0.694. The molecule has 1 fully saturated rings. The van der Waals surface area contributed by atoms with Gasteiger partial charge in [-0.05, 0) is 44.0 Å². The highest BCUT2D eigenvalue weighted by Crippen LogP contribution is 2.33. The Kier molecular flexibility index (Phi) is 4.30. The van der Waals surface area contributed by atoms with Gasteiger partial charge in [0.1, 0.15) is 5.82 Å². The molecule has 1 aliphatic heterocycles. The number of fused-ring (bicyclic) bond motifs is 1. The lowest BCUT2D eigenvalue weighted by molar-refractivity contribution is 0.0677. The van der Waals surface area contributed by atoms with Gasteiger partial charge in [0.2, 0.25) is 5.76 Å². The van der Waals surface area contributed by atoms with E-state index in [9.17, 15) is 9.18 Å². The summed E-state index contributed by atoms with van der Waals surface area (Å²) in [7, 11) is 0. The molecule has 1 saturated heterocycles. The Morgan fingerprint density at radius 2 is 1.96 bits per heavy atom. The van der Waals surface area contributed by atoms with Crippen LogP contribution in [0.25, 0.3) is 10.9 Å². The predicted molar refractivity (Wildman–Crippen MR) is 100.0 cm³/mol. The van der Waals surface area contributed by atoms with E-state index in [2.05, 4.69) is 9.97 Å². The first-order valence-electron chi connectivity index (χ1n) is 9.01. The van der Waals surface area contributed by atoms with Crippen LogP contribution in [0.3, 0.4) is 0 Å². The summed E-state index contributed by atoms with van der Waals surface area (Å²) in [6.07, 6.45) is 1.53. The summed E-state index contributed by atoms with van der Waals surface area (Å²) in [6, 6.07) is 6.28. The number of hydrogen-bond acceptors (Lipinski definition) is 5. The van der Waals surface area contributed by atoms with Crippen LogP contribution in [0.15, 0.2) is 28.7 Å². The Morgan fingerprint density at radius 1 is 1.22 bits per heavy atom. The number of carbonyl (C=O) groups is 1. The zero-order chi connectivity index (χ0) is 19.1. The average molecular weight is 368 g/mol. The number of aryl methyl sites for hydroxylation is 2. The number of hydrogen-bond donors (Lipinski definition) is 1. The number of nitrogens with two attached hydrogens (primary N) is 1. The highest BCUT2D eigenvalue weighted by Gasteiger charge is 2.29. The van der Waals surface area contributed by atoms with Gasteiger partial charge in [0.25, 0.3) is 5.91 Å². The van der Waals surface area contributed by atoms with Gasteiger partial charge < -0.3 is 15.1 Å². The van der Waals surface area contributed by atoms with Gasteiger partial charge in [-0.3, -0.25) is 9.78 Å². The van der Waals surface area contributed by atoms with Gasteiger partial charge in [0, 0.05) is 31.3 Å². The van der Waals surface area contributed by atoms with Crippen molar-refractivity contribution in [3.8, 4) is 0 Å². The standard InChI is InChI=1S/C20H21FN4O2/c1-11-19(27-12(2)23-11)20(26)25-7-5-13(6-8-25)18-16(22)10-14-9-15(21)3-4-17(14)24-18/h3-4,9-10,13H,5-8,22H2,1-2H3. The first-order chi connectivity index (χ1) is 12.9. The second-order valence-electron chi connectivity index (χ2n) is 7.01. The first-order valence-corrected chi connectivity index (χ1v) is 9.01. The second-order valence-corrected chi connectivity index (χ2v) is 7.01. The zero-order valence-electron chi connectivity index (χ0n) is 15.3. The van der Waals surface area contributed by atoms with Gasteiger partial charge in [-0.25, -0.2) is 9.37 Å². The van der Waals surface area contributed by atoms with Crippen molar-refractivity contribution in [3.63, 3.8) is 0 Å². The minimum absolute atomic E-state index is 0.124. The highest BCUT2D eigenvalue weighted by molar-refractivity contribution is 5.92. The number of anilines is 1. The molecule has 0 radical (unpaired) electrons. The van der Waals surface area contributed by atoms with Crippen LogP contribution in [0, 0.1) is 19.7 Å². The molecule has 27 heavy (non-hydrogen) atoms. The van der Waals surface area contributed by atoms with Crippen molar-refractivity contribution in [3.05, 3.63) is 53.1 Å². The molecule has 0 spiro atoms. The number of rotatable bonds is 2. The number of benzene rings is 1. The average Bonchev–Trinajstić information content (AvgIpc) is 2.99. The monoisotopic (exact) mass is 368 g/mol. The number of nitrogen functional groups attached to an aromatic ring is 1. The Bertz CT molecular complexity index is 1020. The fourth-order valence-corrected chi connectivity index (χ4v) is 3.73. The molecule has 2 aromatic heterocycles. The summed E-state index contributed by atoms with van der Waals surface area (Å²) in [6.45, 7) is 4.71. The molecule has 7 heteroatoms. The number of amides is 1. The van der Waals surface area contributed by atoms with E-state index < -0.39 is 0 Å². The molecule has 0 bridgehead atoms. The number of halogens is 1. The summed E-state index contributed by atoms with van der Waals surface area (Å²) in [5.41, 5.74) is 8.93. The largest absolute Gasteiger partial charge is 0.436 e. The second kappa shape index (κ2) is 6.64. The molecular formula is C20H21FN4O2. The summed E-state index contributed by atoms with van der Waals surface area (Å²) in [5.74, 6) is 0.551. The number of nitrogens with zero attached hydrogens (tertiary/aromatic N) is 3. The lowest BCUT2D eigenvalue weighted by Gasteiger charge is -2.31. The number of pyridine rings is 1. The molecule has 1 amide bonds. The number of carbonyl (C=O) groups excluding carboxylic acids is 1. The maximum Gasteiger partial charge on any atom is 0.291 e. The Hall–Kier alpha value is -2.96. The topological polar surface area (TPSA) is 85.2 Å². The number of oxazole rings is 1. The lowest BCUT2D eigenvalue weighted by atomic mass is 9.91. The molecule has 2 N–H and O–H groups in total. The van der Waals surface area contributed by atoms with Gasteiger partial charge in [0.05, 0.1) is 22.6 Å². The van der Waals surface area contributed by atoms with Gasteiger partial charge in [-0.1, -0.05) is 0 Å². The van der Waals surface area contributed by atoms with E-state index >= 15 is 0 Å². The van der Waals surface area contributed by atoms with E-state index in [-0.39, 0.29) is 17.6 Å². The van der Waals surface area contributed by atoms with Crippen molar-refractivity contribution in [2.45, 2.75) is 32.6 Å². The van der Waals surface area contributed by atoms with Crippen molar-refractivity contribution in [2.24, 2.45) is 0 Å². The normalized spacial score (nSPS) is 15.4. The Morgan fingerprint density at radius 3 is 2.63 bits per heavy atom. The molecule has 1 aromatic carbocycles. The smallest absolute Gasteiger partial charge is 0.291 e. The van der Waals surface area contributed by atoms with Crippen LogP contribution in [0.2, 0.25) is 0 Å². The van der Waals surface area contributed by atoms with Gasteiger partial charge in [0.15, 0.2) is 5.89 Å². The van der Waals surface area contributed by atoms with Crippen LogP contribution in [-0.2, 0) is 0 Å².